The van der Waals surface area contributed by atoms with Crippen molar-refractivity contribution in [2.45, 2.75) is 47.0 Å². The molecule has 0 radical (unpaired) electrons. The molecular formula is C16H23BO. The molecule has 0 aliphatic heterocycles. The van der Waals surface area contributed by atoms with Crippen LogP contribution in [-0.2, 0) is 11.2 Å². The molecule has 0 fully saturated rings. The van der Waals surface area contributed by atoms with E-state index < -0.39 is 0 Å². The lowest BCUT2D eigenvalue weighted by Crippen LogP contribution is -2.20. The van der Waals surface area contributed by atoms with Gasteiger partial charge in [0.05, 0.1) is 0 Å². The molecule has 0 saturated carbocycles. The third-order valence-electron chi connectivity index (χ3n) is 3.71. The molecule has 1 rings (SSSR count). The van der Waals surface area contributed by atoms with Crippen LogP contribution in [0.2, 0.25) is 0 Å². The van der Waals surface area contributed by atoms with Crippen LogP contribution < -0.4 is 5.46 Å². The minimum atomic E-state index is 0.179. The van der Waals surface area contributed by atoms with Crippen molar-refractivity contribution in [2.24, 2.45) is 0 Å². The molecule has 1 aromatic carbocycles. The first-order valence-electron chi connectivity index (χ1n) is 6.63. The van der Waals surface area contributed by atoms with Crippen molar-refractivity contribution >= 4 is 19.1 Å². The van der Waals surface area contributed by atoms with Crippen LogP contribution in [0.25, 0.3) is 0 Å². The maximum atomic E-state index is 11.8. The highest BCUT2D eigenvalue weighted by atomic mass is 16.1. The maximum absolute atomic E-state index is 11.8. The fraction of sp³-hybridized carbons (Fsp3) is 0.438. The van der Waals surface area contributed by atoms with Gasteiger partial charge in [0, 0.05) is 6.42 Å². The van der Waals surface area contributed by atoms with Crippen molar-refractivity contribution in [1.29, 1.82) is 0 Å². The van der Waals surface area contributed by atoms with Gasteiger partial charge in [-0.15, -0.1) is 0 Å². The van der Waals surface area contributed by atoms with Gasteiger partial charge in [-0.1, -0.05) is 37.0 Å². The lowest BCUT2D eigenvalue weighted by Gasteiger charge is -2.18. The first-order chi connectivity index (χ1) is 8.38. The van der Waals surface area contributed by atoms with Gasteiger partial charge in [0.15, 0.2) is 5.78 Å². The minimum Gasteiger partial charge on any atom is -0.295 e. The van der Waals surface area contributed by atoms with Crippen molar-refractivity contribution in [2.75, 3.05) is 0 Å². The highest BCUT2D eigenvalue weighted by Gasteiger charge is 2.13. The molecule has 2 heteroatoms. The molecule has 0 spiro atoms. The monoisotopic (exact) mass is 242 g/mol. The Morgan fingerprint density at radius 2 is 1.94 bits per heavy atom. The Morgan fingerprint density at radius 3 is 2.44 bits per heavy atom. The Morgan fingerprint density at radius 1 is 1.33 bits per heavy atom. The molecular weight excluding hydrogens is 219 g/mol. The topological polar surface area (TPSA) is 17.1 Å². The molecule has 0 saturated heterocycles. The van der Waals surface area contributed by atoms with Crippen LogP contribution in [0, 0.1) is 13.8 Å². The van der Waals surface area contributed by atoms with E-state index in [0.717, 1.165) is 0 Å². The van der Waals surface area contributed by atoms with Gasteiger partial charge in [0.25, 0.3) is 0 Å². The second-order valence-electron chi connectivity index (χ2n) is 5.30. The van der Waals surface area contributed by atoms with Gasteiger partial charge in [-0.2, -0.15) is 0 Å². The smallest absolute Gasteiger partial charge is 0.159 e. The predicted octanol–water partition coefficient (Wildman–Crippen LogP) is 2.37. The zero-order chi connectivity index (χ0) is 13.9. The molecule has 0 aliphatic rings. The summed E-state index contributed by atoms with van der Waals surface area (Å²) in [5.41, 5.74) is 6.48. The largest absolute Gasteiger partial charge is 0.295 e. The molecule has 0 amide bonds. The summed E-state index contributed by atoms with van der Waals surface area (Å²) >= 11 is 0. The Balaban J connectivity index is 3.24. The third-order valence-corrected chi connectivity index (χ3v) is 3.71. The second kappa shape index (κ2) is 6.04. The molecule has 0 bridgehead atoms. The Hall–Kier alpha value is -1.31. The first kappa shape index (κ1) is 14.8. The van der Waals surface area contributed by atoms with Crippen molar-refractivity contribution in [3.05, 3.63) is 40.5 Å². The van der Waals surface area contributed by atoms with Gasteiger partial charge in [-0.05, 0) is 49.5 Å². The van der Waals surface area contributed by atoms with Crippen molar-refractivity contribution in [3.8, 4) is 0 Å². The number of rotatable bonds is 4. The second-order valence-corrected chi connectivity index (χ2v) is 5.30. The van der Waals surface area contributed by atoms with Crippen LogP contribution >= 0.6 is 0 Å². The van der Waals surface area contributed by atoms with E-state index in [4.69, 9.17) is 0 Å². The lowest BCUT2D eigenvalue weighted by molar-refractivity contribution is -0.114. The maximum Gasteiger partial charge on any atom is 0.159 e. The van der Waals surface area contributed by atoms with Gasteiger partial charge in [-0.25, -0.2) is 0 Å². The SMILES string of the molecule is Bc1c(CC(=O)/C=C/C)cc(C(C)C)c(C)c1C. The summed E-state index contributed by atoms with van der Waals surface area (Å²) < 4.78 is 0. The fourth-order valence-electron chi connectivity index (χ4n) is 2.36. The standard InChI is InChI=1S/C16H23BO/c1-6-7-14(18)8-13-9-15(10(2)3)11(4)12(5)16(13)17/h6-7,9-10H,8,17H2,1-5H3/b7-6+. The van der Waals surface area contributed by atoms with E-state index in [1.54, 1.807) is 6.08 Å². The Bertz CT molecular complexity index is 484. The summed E-state index contributed by atoms with van der Waals surface area (Å²) in [6.07, 6.45) is 3.97. The van der Waals surface area contributed by atoms with E-state index in [1.165, 1.54) is 27.7 Å². The van der Waals surface area contributed by atoms with Gasteiger partial charge in [0.2, 0.25) is 0 Å². The van der Waals surface area contributed by atoms with Crippen LogP contribution in [0.4, 0.5) is 0 Å². The average Bonchev–Trinajstić information content (AvgIpc) is 2.30. The lowest BCUT2D eigenvalue weighted by atomic mass is 9.79. The fourth-order valence-corrected chi connectivity index (χ4v) is 2.36. The zero-order valence-electron chi connectivity index (χ0n) is 12.4. The van der Waals surface area contributed by atoms with Crippen molar-refractivity contribution in [3.63, 3.8) is 0 Å². The van der Waals surface area contributed by atoms with Crippen molar-refractivity contribution < 1.29 is 4.79 Å². The quantitative estimate of drug-likeness (QED) is 0.585. The van der Waals surface area contributed by atoms with Crippen molar-refractivity contribution in [1.82, 2.24) is 0 Å². The van der Waals surface area contributed by atoms with E-state index in [9.17, 15) is 4.79 Å². The number of hydrogen-bond donors (Lipinski definition) is 0. The number of carbonyl (C=O) groups excluding carboxylic acids is 1. The molecule has 0 atom stereocenters. The van der Waals surface area contributed by atoms with Crippen LogP contribution in [0.5, 0.6) is 0 Å². The molecule has 18 heavy (non-hydrogen) atoms. The summed E-state index contributed by atoms with van der Waals surface area (Å²) in [4.78, 5) is 11.8. The molecule has 0 unspecified atom stereocenters. The van der Waals surface area contributed by atoms with Gasteiger partial charge in [0.1, 0.15) is 7.85 Å². The van der Waals surface area contributed by atoms with Crippen LogP contribution in [0.3, 0.4) is 0 Å². The van der Waals surface area contributed by atoms with E-state index in [1.807, 2.05) is 13.0 Å². The van der Waals surface area contributed by atoms with E-state index in [2.05, 4.69) is 41.6 Å². The van der Waals surface area contributed by atoms with Crippen LogP contribution in [-0.4, -0.2) is 13.6 Å². The summed E-state index contributed by atoms with van der Waals surface area (Å²) in [7, 11) is 2.12. The molecule has 1 nitrogen and oxygen atoms in total. The number of carbonyl (C=O) groups is 1. The minimum absolute atomic E-state index is 0.179. The first-order valence-corrected chi connectivity index (χ1v) is 6.63. The molecule has 96 valence electrons. The van der Waals surface area contributed by atoms with Gasteiger partial charge < -0.3 is 0 Å². The number of ketones is 1. The summed E-state index contributed by atoms with van der Waals surface area (Å²) in [5, 5.41) is 0. The van der Waals surface area contributed by atoms with Crippen LogP contribution in [0.1, 0.15) is 48.9 Å². The number of benzene rings is 1. The highest BCUT2D eigenvalue weighted by Crippen LogP contribution is 2.22. The Labute approximate surface area is 112 Å². The third kappa shape index (κ3) is 3.13. The zero-order valence-corrected chi connectivity index (χ0v) is 12.4. The average molecular weight is 242 g/mol. The summed E-state index contributed by atoms with van der Waals surface area (Å²) in [6.45, 7) is 10.6. The van der Waals surface area contributed by atoms with Gasteiger partial charge >= 0.3 is 0 Å². The normalized spacial score (nSPS) is 11.4. The van der Waals surface area contributed by atoms with E-state index in [0.29, 0.717) is 12.3 Å². The summed E-state index contributed by atoms with van der Waals surface area (Å²) in [6, 6.07) is 2.21. The number of hydrogen-bond acceptors (Lipinski definition) is 1. The summed E-state index contributed by atoms with van der Waals surface area (Å²) in [5.74, 6) is 0.679. The van der Waals surface area contributed by atoms with Crippen LogP contribution in [0.15, 0.2) is 18.2 Å². The molecule has 1 aromatic rings. The molecule has 0 aliphatic carbocycles. The van der Waals surface area contributed by atoms with Gasteiger partial charge in [-0.3, -0.25) is 4.79 Å². The predicted molar refractivity (Wildman–Crippen MR) is 81.7 cm³/mol. The van der Waals surface area contributed by atoms with E-state index in [-0.39, 0.29) is 5.78 Å². The highest BCUT2D eigenvalue weighted by molar-refractivity contribution is 6.34. The number of allylic oxidation sites excluding steroid dienone is 2. The molecule has 0 heterocycles. The molecule has 0 aromatic heterocycles. The Kier molecular flexibility index (Phi) is 4.95. The van der Waals surface area contributed by atoms with E-state index >= 15 is 0 Å². The molecule has 0 N–H and O–H groups in total.